The molecule has 0 aliphatic carbocycles. The van der Waals surface area contributed by atoms with Crippen LogP contribution in [0.1, 0.15) is 18.4 Å². The molecule has 1 atom stereocenters. The molecule has 118 valence electrons. The van der Waals surface area contributed by atoms with Crippen LogP contribution in [-0.4, -0.2) is 39.4 Å². The second-order valence-corrected chi connectivity index (χ2v) is 7.37. The first-order valence-corrected chi connectivity index (χ1v) is 8.40. The molecule has 1 aliphatic rings. The van der Waals surface area contributed by atoms with Crippen molar-refractivity contribution in [3.8, 4) is 0 Å². The van der Waals surface area contributed by atoms with Gasteiger partial charge in [0.1, 0.15) is 16.5 Å². The number of rotatable bonds is 4. The topological polar surface area (TPSA) is 49.4 Å². The van der Waals surface area contributed by atoms with E-state index in [2.05, 4.69) is 5.32 Å². The van der Waals surface area contributed by atoms with Crippen LogP contribution in [0.25, 0.3) is 0 Å². The largest absolute Gasteiger partial charge is 0.319 e. The Morgan fingerprint density at radius 2 is 2.05 bits per heavy atom. The van der Waals surface area contributed by atoms with Gasteiger partial charge in [-0.25, -0.2) is 17.2 Å². The van der Waals surface area contributed by atoms with Gasteiger partial charge in [0.25, 0.3) is 0 Å². The number of benzene rings is 1. The Morgan fingerprint density at radius 3 is 2.71 bits per heavy atom. The van der Waals surface area contributed by atoms with Crippen LogP contribution in [-0.2, 0) is 10.0 Å². The predicted octanol–water partition coefficient (Wildman–Crippen LogP) is 1.89. The molecule has 1 unspecified atom stereocenters. The van der Waals surface area contributed by atoms with Crippen LogP contribution in [0.3, 0.4) is 0 Å². The summed E-state index contributed by atoms with van der Waals surface area (Å²) < 4.78 is 53.6. The lowest BCUT2D eigenvalue weighted by molar-refractivity contribution is 0.262. The molecule has 1 N–H and O–H groups in total. The quantitative estimate of drug-likeness (QED) is 0.922. The number of aryl methyl sites for hydroxylation is 1. The molecule has 1 aliphatic heterocycles. The van der Waals surface area contributed by atoms with Crippen molar-refractivity contribution in [3.05, 3.63) is 29.3 Å². The van der Waals surface area contributed by atoms with Crippen molar-refractivity contribution in [2.24, 2.45) is 5.92 Å². The third-order valence-electron chi connectivity index (χ3n) is 3.81. The van der Waals surface area contributed by atoms with Gasteiger partial charge in [-0.05, 0) is 50.9 Å². The zero-order chi connectivity index (χ0) is 15.6. The van der Waals surface area contributed by atoms with Crippen molar-refractivity contribution >= 4 is 10.0 Å². The number of nitrogens with zero attached hydrogens (tertiary/aromatic N) is 1. The Hall–Kier alpha value is -1.05. The highest BCUT2D eigenvalue weighted by Crippen LogP contribution is 2.26. The van der Waals surface area contributed by atoms with E-state index in [4.69, 9.17) is 0 Å². The molecule has 2 rings (SSSR count). The molecule has 1 heterocycles. The van der Waals surface area contributed by atoms with Gasteiger partial charge in [-0.1, -0.05) is 0 Å². The summed E-state index contributed by atoms with van der Waals surface area (Å²) in [6, 6.07) is 1.71. The van der Waals surface area contributed by atoms with Gasteiger partial charge in [-0.2, -0.15) is 4.31 Å². The molecule has 1 fully saturated rings. The zero-order valence-corrected chi connectivity index (χ0v) is 13.0. The van der Waals surface area contributed by atoms with Gasteiger partial charge in [0.2, 0.25) is 10.0 Å². The molecule has 0 bridgehead atoms. The fourth-order valence-corrected chi connectivity index (χ4v) is 4.35. The van der Waals surface area contributed by atoms with Crippen molar-refractivity contribution in [2.45, 2.75) is 24.7 Å². The van der Waals surface area contributed by atoms with Crippen molar-refractivity contribution < 1.29 is 17.2 Å². The molecular weight excluding hydrogens is 298 g/mol. The number of hydrogen-bond donors (Lipinski definition) is 1. The summed E-state index contributed by atoms with van der Waals surface area (Å²) in [6.45, 7) is 2.88. The van der Waals surface area contributed by atoms with E-state index in [1.165, 1.54) is 11.2 Å². The van der Waals surface area contributed by atoms with Gasteiger partial charge in [-0.15, -0.1) is 0 Å². The minimum absolute atomic E-state index is 0.124. The molecule has 1 aromatic carbocycles. The lowest BCUT2D eigenvalue weighted by Gasteiger charge is -2.32. The first-order valence-electron chi connectivity index (χ1n) is 6.96. The van der Waals surface area contributed by atoms with E-state index in [0.717, 1.165) is 25.5 Å². The molecule has 21 heavy (non-hydrogen) atoms. The molecule has 1 aromatic rings. The van der Waals surface area contributed by atoms with Gasteiger partial charge in [-0.3, -0.25) is 0 Å². The fraction of sp³-hybridized carbons (Fsp3) is 0.571. The van der Waals surface area contributed by atoms with Crippen LogP contribution in [0, 0.1) is 24.5 Å². The van der Waals surface area contributed by atoms with Crippen LogP contribution >= 0.6 is 0 Å². The minimum Gasteiger partial charge on any atom is -0.319 e. The van der Waals surface area contributed by atoms with E-state index in [0.29, 0.717) is 19.2 Å². The first kappa shape index (κ1) is 16.3. The maximum atomic E-state index is 13.9. The number of halogens is 2. The number of nitrogens with one attached hydrogen (secondary N) is 1. The van der Waals surface area contributed by atoms with E-state index < -0.39 is 26.6 Å². The van der Waals surface area contributed by atoms with E-state index in [9.17, 15) is 17.2 Å². The van der Waals surface area contributed by atoms with E-state index >= 15 is 0 Å². The molecule has 0 aromatic heterocycles. The molecule has 0 amide bonds. The zero-order valence-electron chi connectivity index (χ0n) is 12.2. The summed E-state index contributed by atoms with van der Waals surface area (Å²) in [5, 5.41) is 3.03. The van der Waals surface area contributed by atoms with Crippen LogP contribution in [0.5, 0.6) is 0 Å². The van der Waals surface area contributed by atoms with E-state index in [1.54, 1.807) is 0 Å². The number of piperidine rings is 1. The van der Waals surface area contributed by atoms with Gasteiger partial charge >= 0.3 is 0 Å². The van der Waals surface area contributed by atoms with E-state index in [-0.39, 0.29) is 11.5 Å². The normalized spacial score (nSPS) is 20.7. The fourth-order valence-electron chi connectivity index (χ4n) is 2.67. The second kappa shape index (κ2) is 6.37. The van der Waals surface area contributed by atoms with Gasteiger partial charge in [0.05, 0.1) is 0 Å². The monoisotopic (exact) mass is 318 g/mol. The summed E-state index contributed by atoms with van der Waals surface area (Å²) in [4.78, 5) is -0.438. The standard InChI is InChI=1S/C14H20F2N2O2S/c1-10-6-14(13(16)7-12(10)15)21(19,20)18-5-3-4-11(9-18)8-17-2/h6-7,11,17H,3-5,8-9H2,1-2H3. The highest BCUT2D eigenvalue weighted by Gasteiger charge is 2.32. The average molecular weight is 318 g/mol. The highest BCUT2D eigenvalue weighted by atomic mass is 32.2. The van der Waals surface area contributed by atoms with Crippen molar-refractivity contribution in [3.63, 3.8) is 0 Å². The Labute approximate surface area is 124 Å². The van der Waals surface area contributed by atoms with Crippen LogP contribution < -0.4 is 5.32 Å². The summed E-state index contributed by atoms with van der Waals surface area (Å²) >= 11 is 0. The molecule has 1 saturated heterocycles. The predicted molar refractivity (Wildman–Crippen MR) is 76.5 cm³/mol. The SMILES string of the molecule is CNCC1CCCN(S(=O)(=O)c2cc(C)c(F)cc2F)C1. The van der Waals surface area contributed by atoms with Gasteiger partial charge in [0, 0.05) is 19.2 Å². The van der Waals surface area contributed by atoms with Crippen molar-refractivity contribution in [1.29, 1.82) is 0 Å². The number of sulfonamides is 1. The lowest BCUT2D eigenvalue weighted by Crippen LogP contribution is -2.42. The molecular formula is C14H20F2N2O2S. The van der Waals surface area contributed by atoms with Crippen LogP contribution in [0.2, 0.25) is 0 Å². The molecule has 0 saturated carbocycles. The van der Waals surface area contributed by atoms with Crippen LogP contribution in [0.4, 0.5) is 8.78 Å². The van der Waals surface area contributed by atoms with Crippen molar-refractivity contribution in [1.82, 2.24) is 9.62 Å². The maximum Gasteiger partial charge on any atom is 0.246 e. The Balaban J connectivity index is 2.31. The molecule has 0 spiro atoms. The van der Waals surface area contributed by atoms with Crippen molar-refractivity contribution in [2.75, 3.05) is 26.7 Å². The second-order valence-electron chi connectivity index (χ2n) is 5.46. The lowest BCUT2D eigenvalue weighted by atomic mass is 10.00. The Bertz CT molecular complexity index is 618. The molecule has 0 radical (unpaired) electrons. The van der Waals surface area contributed by atoms with Gasteiger partial charge < -0.3 is 5.32 Å². The minimum atomic E-state index is -3.92. The smallest absolute Gasteiger partial charge is 0.246 e. The summed E-state index contributed by atoms with van der Waals surface area (Å²) in [7, 11) is -2.10. The van der Waals surface area contributed by atoms with Gasteiger partial charge in [0.15, 0.2) is 0 Å². The van der Waals surface area contributed by atoms with E-state index in [1.807, 2.05) is 7.05 Å². The summed E-state index contributed by atoms with van der Waals surface area (Å²) in [6.07, 6.45) is 1.69. The summed E-state index contributed by atoms with van der Waals surface area (Å²) in [5.41, 5.74) is 0.124. The summed E-state index contributed by atoms with van der Waals surface area (Å²) in [5.74, 6) is -1.56. The molecule has 4 nitrogen and oxygen atoms in total. The molecule has 7 heteroatoms. The Kier molecular flexibility index (Phi) is 4.95. The maximum absolute atomic E-state index is 13.9. The Morgan fingerprint density at radius 1 is 1.33 bits per heavy atom. The third kappa shape index (κ3) is 3.41. The highest BCUT2D eigenvalue weighted by molar-refractivity contribution is 7.89. The number of hydrogen-bond acceptors (Lipinski definition) is 3. The third-order valence-corrected chi connectivity index (χ3v) is 5.69. The first-order chi connectivity index (χ1) is 9.86. The average Bonchev–Trinajstić information content (AvgIpc) is 2.43. The van der Waals surface area contributed by atoms with Crippen LogP contribution in [0.15, 0.2) is 17.0 Å².